The van der Waals surface area contributed by atoms with Crippen molar-refractivity contribution in [3.05, 3.63) is 48.6 Å². The number of hydrogen-bond acceptors (Lipinski definition) is 6. The highest BCUT2D eigenvalue weighted by Crippen LogP contribution is 2.13. The number of carbonyl (C=O) groups excluding carboxylic acids is 3. The topological polar surface area (TPSA) is 78.9 Å². The van der Waals surface area contributed by atoms with Gasteiger partial charge in [-0.2, -0.15) is 0 Å². The van der Waals surface area contributed by atoms with E-state index in [4.69, 9.17) is 14.2 Å². The third-order valence-corrected chi connectivity index (χ3v) is 8.85. The lowest BCUT2D eigenvalue weighted by molar-refractivity contribution is -0.166. The Bertz CT molecular complexity index is 918. The number of allylic oxidation sites excluding steroid dienone is 7. The van der Waals surface area contributed by atoms with E-state index in [-0.39, 0.29) is 31.6 Å². The predicted molar refractivity (Wildman–Crippen MR) is 215 cm³/mol. The standard InChI is InChI=1S/C45H78O6/c1-4-7-10-13-16-19-21-22-24-26-29-32-35-38-44(47)50-41-42(40-49-43(46)37-34-31-28-25-18-15-12-9-6-3)51-45(48)39-36-33-30-27-23-20-17-14-11-8-5-2/h9,12,18,22,24-25,31,34,42H,4-8,10-11,13-17,19-21,23,26-30,32-33,35-41H2,1-3H3/b12-9-,24-22-,25-18-,34-31-. The number of unbranched alkanes of at least 4 members (excludes halogenated alkanes) is 19. The average molecular weight is 715 g/mol. The fourth-order valence-corrected chi connectivity index (χ4v) is 5.67. The lowest BCUT2D eigenvalue weighted by Crippen LogP contribution is -2.30. The smallest absolute Gasteiger partial charge is 0.309 e. The fraction of sp³-hybridized carbons (Fsp3) is 0.756. The second kappa shape index (κ2) is 40.1. The highest BCUT2D eigenvalue weighted by atomic mass is 16.6. The van der Waals surface area contributed by atoms with Crippen molar-refractivity contribution in [2.45, 2.75) is 207 Å². The summed E-state index contributed by atoms with van der Waals surface area (Å²) in [5.74, 6) is -1.06. The van der Waals surface area contributed by atoms with Gasteiger partial charge in [-0.3, -0.25) is 14.4 Å². The van der Waals surface area contributed by atoms with Gasteiger partial charge in [0.2, 0.25) is 0 Å². The summed E-state index contributed by atoms with van der Waals surface area (Å²) in [6.07, 6.45) is 45.6. The Balaban J connectivity index is 4.45. The molecule has 1 atom stereocenters. The van der Waals surface area contributed by atoms with Crippen molar-refractivity contribution >= 4 is 17.9 Å². The molecule has 0 aromatic carbocycles. The molecule has 0 heterocycles. The molecule has 294 valence electrons. The van der Waals surface area contributed by atoms with E-state index in [1.165, 1.54) is 89.9 Å². The first-order valence-corrected chi connectivity index (χ1v) is 21.1. The van der Waals surface area contributed by atoms with Crippen molar-refractivity contribution in [3.63, 3.8) is 0 Å². The molecule has 0 amide bonds. The summed E-state index contributed by atoms with van der Waals surface area (Å²) in [6.45, 7) is 6.37. The lowest BCUT2D eigenvalue weighted by Gasteiger charge is -2.18. The highest BCUT2D eigenvalue weighted by molar-refractivity contribution is 5.72. The van der Waals surface area contributed by atoms with E-state index >= 15 is 0 Å². The van der Waals surface area contributed by atoms with Gasteiger partial charge in [0.15, 0.2) is 6.10 Å². The van der Waals surface area contributed by atoms with E-state index < -0.39 is 12.1 Å². The molecule has 0 aromatic rings. The zero-order valence-electron chi connectivity index (χ0n) is 33.4. The number of rotatable bonds is 37. The van der Waals surface area contributed by atoms with E-state index in [0.29, 0.717) is 12.8 Å². The number of ether oxygens (including phenoxy) is 3. The van der Waals surface area contributed by atoms with Crippen molar-refractivity contribution in [3.8, 4) is 0 Å². The van der Waals surface area contributed by atoms with Crippen molar-refractivity contribution in [2.24, 2.45) is 0 Å². The summed E-state index contributed by atoms with van der Waals surface area (Å²) in [5.41, 5.74) is 0. The largest absolute Gasteiger partial charge is 0.462 e. The summed E-state index contributed by atoms with van der Waals surface area (Å²) in [7, 11) is 0. The fourth-order valence-electron chi connectivity index (χ4n) is 5.67. The maximum Gasteiger partial charge on any atom is 0.309 e. The van der Waals surface area contributed by atoms with Crippen LogP contribution in [0, 0.1) is 0 Å². The second-order valence-electron chi connectivity index (χ2n) is 13.9. The van der Waals surface area contributed by atoms with E-state index in [0.717, 1.165) is 70.6 Å². The Kier molecular flexibility index (Phi) is 38.1. The van der Waals surface area contributed by atoms with Gasteiger partial charge < -0.3 is 14.2 Å². The normalized spacial score (nSPS) is 12.5. The van der Waals surface area contributed by atoms with E-state index in [2.05, 4.69) is 57.2 Å². The van der Waals surface area contributed by atoms with Crippen LogP contribution in [0.3, 0.4) is 0 Å². The van der Waals surface area contributed by atoms with Crippen LogP contribution in [-0.2, 0) is 28.6 Å². The molecular weight excluding hydrogens is 636 g/mol. The minimum atomic E-state index is -0.807. The molecule has 1 unspecified atom stereocenters. The van der Waals surface area contributed by atoms with Gasteiger partial charge in [-0.05, 0) is 57.8 Å². The first-order chi connectivity index (χ1) is 25.0. The van der Waals surface area contributed by atoms with Crippen molar-refractivity contribution in [1.82, 2.24) is 0 Å². The minimum absolute atomic E-state index is 0.107. The van der Waals surface area contributed by atoms with Crippen LogP contribution in [0.25, 0.3) is 0 Å². The Morgan fingerprint density at radius 3 is 1.37 bits per heavy atom. The molecule has 0 fully saturated rings. The van der Waals surface area contributed by atoms with Gasteiger partial charge in [0, 0.05) is 12.8 Å². The minimum Gasteiger partial charge on any atom is -0.462 e. The van der Waals surface area contributed by atoms with Crippen LogP contribution in [0.1, 0.15) is 201 Å². The SMILES string of the molecule is CC/C=C\C/C=C\C/C=C\CC(=O)OCC(COC(=O)CCCCC/C=C\CCCCCCCC)OC(=O)CCCCCCCCCCCCC. The molecule has 0 saturated heterocycles. The van der Waals surface area contributed by atoms with Gasteiger partial charge in [0.1, 0.15) is 13.2 Å². The Morgan fingerprint density at radius 1 is 0.431 bits per heavy atom. The maximum atomic E-state index is 12.6. The van der Waals surface area contributed by atoms with Crippen LogP contribution in [0.4, 0.5) is 0 Å². The van der Waals surface area contributed by atoms with E-state index in [1.54, 1.807) is 6.08 Å². The van der Waals surface area contributed by atoms with Gasteiger partial charge in [-0.25, -0.2) is 0 Å². The summed E-state index contributed by atoms with van der Waals surface area (Å²) in [4.78, 5) is 37.5. The zero-order chi connectivity index (χ0) is 37.3. The van der Waals surface area contributed by atoms with Crippen LogP contribution in [0.15, 0.2) is 48.6 Å². The summed E-state index contributed by atoms with van der Waals surface area (Å²) >= 11 is 0. The highest BCUT2D eigenvalue weighted by Gasteiger charge is 2.19. The van der Waals surface area contributed by atoms with Crippen LogP contribution in [-0.4, -0.2) is 37.2 Å². The van der Waals surface area contributed by atoms with Crippen molar-refractivity contribution in [2.75, 3.05) is 13.2 Å². The van der Waals surface area contributed by atoms with Gasteiger partial charge in [-0.15, -0.1) is 0 Å². The van der Waals surface area contributed by atoms with Gasteiger partial charge in [0.05, 0.1) is 6.42 Å². The third kappa shape index (κ3) is 38.4. The van der Waals surface area contributed by atoms with Gasteiger partial charge in [0.25, 0.3) is 0 Å². The summed E-state index contributed by atoms with van der Waals surface area (Å²) in [5, 5.41) is 0. The molecule has 0 N–H and O–H groups in total. The van der Waals surface area contributed by atoms with Crippen molar-refractivity contribution in [1.29, 1.82) is 0 Å². The molecule has 6 heteroatoms. The molecule has 0 aliphatic rings. The molecule has 6 nitrogen and oxygen atoms in total. The van der Waals surface area contributed by atoms with Crippen LogP contribution in [0.2, 0.25) is 0 Å². The van der Waals surface area contributed by atoms with E-state index in [1.807, 2.05) is 6.08 Å². The van der Waals surface area contributed by atoms with Crippen LogP contribution in [0.5, 0.6) is 0 Å². The number of hydrogen-bond donors (Lipinski definition) is 0. The second-order valence-corrected chi connectivity index (χ2v) is 13.9. The molecule has 0 radical (unpaired) electrons. The number of esters is 3. The predicted octanol–water partition coefficient (Wildman–Crippen LogP) is 13.2. The van der Waals surface area contributed by atoms with E-state index in [9.17, 15) is 14.4 Å². The Morgan fingerprint density at radius 2 is 0.843 bits per heavy atom. The monoisotopic (exact) mass is 715 g/mol. The molecule has 0 aliphatic heterocycles. The maximum absolute atomic E-state index is 12.6. The molecular formula is C45H78O6. The molecule has 0 saturated carbocycles. The first-order valence-electron chi connectivity index (χ1n) is 21.1. The quantitative estimate of drug-likeness (QED) is 0.0276. The van der Waals surface area contributed by atoms with Crippen LogP contribution < -0.4 is 0 Å². The Labute approximate surface area is 314 Å². The molecule has 51 heavy (non-hydrogen) atoms. The Hall–Kier alpha value is -2.63. The summed E-state index contributed by atoms with van der Waals surface area (Å²) < 4.78 is 16.5. The molecule has 0 spiro atoms. The van der Waals surface area contributed by atoms with Crippen LogP contribution >= 0.6 is 0 Å². The first kappa shape index (κ1) is 48.4. The van der Waals surface area contributed by atoms with Crippen molar-refractivity contribution < 1.29 is 28.6 Å². The zero-order valence-corrected chi connectivity index (χ0v) is 33.4. The number of carbonyl (C=O) groups is 3. The van der Waals surface area contributed by atoms with Gasteiger partial charge >= 0.3 is 17.9 Å². The summed E-state index contributed by atoms with van der Waals surface area (Å²) in [6, 6.07) is 0. The average Bonchev–Trinajstić information content (AvgIpc) is 3.12. The lowest BCUT2D eigenvalue weighted by atomic mass is 10.1. The van der Waals surface area contributed by atoms with Gasteiger partial charge in [-0.1, -0.05) is 172 Å². The molecule has 0 aromatic heterocycles. The molecule has 0 rings (SSSR count). The molecule has 0 aliphatic carbocycles. The molecule has 0 bridgehead atoms. The third-order valence-electron chi connectivity index (χ3n) is 8.85.